The summed E-state index contributed by atoms with van der Waals surface area (Å²) in [6, 6.07) is 15.1. The number of nitrogens with zero attached hydrogens (tertiary/aromatic N) is 2. The number of rotatable bonds is 11. The van der Waals surface area contributed by atoms with Crippen molar-refractivity contribution in [2.24, 2.45) is 0 Å². The van der Waals surface area contributed by atoms with Crippen LogP contribution in [0.5, 0.6) is 0 Å². The SMILES string of the molecule is CCCNC(=O)[C@@H](C)N(Cc1ccccc1Cl)C(=O)CN(c1ccc(Cl)c(C(F)(F)F)c1)S(=O)(=O)c1ccccc1. The Bertz CT molecular complexity index is 1490. The molecule has 0 aliphatic heterocycles. The molecule has 3 rings (SSSR count). The Hall–Kier alpha value is -3.28. The standard InChI is InChI=1S/C28H28Cl2F3N3O4S/c1-3-15-34-27(38)19(2)35(17-20-9-7-8-12-24(20)29)26(37)18-36(41(39,40)22-10-5-4-6-11-22)21-13-14-25(30)23(16-21)28(31,32)33/h4-14,16,19H,3,15,17-18H2,1-2H3,(H,34,38)/t19-/m1/s1. The molecule has 0 unspecified atom stereocenters. The lowest BCUT2D eigenvalue weighted by molar-refractivity contribution is -0.139. The number of carbonyl (C=O) groups is 2. The van der Waals surface area contributed by atoms with Crippen molar-refractivity contribution in [3.8, 4) is 0 Å². The van der Waals surface area contributed by atoms with E-state index in [0.29, 0.717) is 33.9 Å². The van der Waals surface area contributed by atoms with Crippen molar-refractivity contribution >= 4 is 50.7 Å². The van der Waals surface area contributed by atoms with Gasteiger partial charge in [0.05, 0.1) is 21.2 Å². The molecular formula is C28H28Cl2F3N3O4S. The van der Waals surface area contributed by atoms with Crippen LogP contribution >= 0.6 is 23.2 Å². The minimum absolute atomic E-state index is 0.160. The van der Waals surface area contributed by atoms with Crippen molar-refractivity contribution in [2.75, 3.05) is 17.4 Å². The number of amides is 2. The number of benzene rings is 3. The number of sulfonamides is 1. The van der Waals surface area contributed by atoms with Gasteiger partial charge in [0.1, 0.15) is 12.6 Å². The molecule has 1 atom stereocenters. The van der Waals surface area contributed by atoms with Crippen LogP contribution in [0.4, 0.5) is 18.9 Å². The zero-order valence-electron chi connectivity index (χ0n) is 22.2. The summed E-state index contributed by atoms with van der Waals surface area (Å²) < 4.78 is 69.1. The maximum Gasteiger partial charge on any atom is 0.417 e. The van der Waals surface area contributed by atoms with Crippen LogP contribution in [0.2, 0.25) is 10.0 Å². The first kappa shape index (κ1) is 32.2. The highest BCUT2D eigenvalue weighted by atomic mass is 35.5. The van der Waals surface area contributed by atoms with Crippen LogP contribution in [0.1, 0.15) is 31.4 Å². The van der Waals surface area contributed by atoms with Crippen LogP contribution < -0.4 is 9.62 Å². The van der Waals surface area contributed by atoms with Crippen molar-refractivity contribution in [3.05, 3.63) is 94.0 Å². The lowest BCUT2D eigenvalue weighted by Crippen LogP contribution is -2.51. The van der Waals surface area contributed by atoms with Crippen LogP contribution in [0.3, 0.4) is 0 Å². The van der Waals surface area contributed by atoms with Gasteiger partial charge in [-0.15, -0.1) is 0 Å². The maximum atomic E-state index is 13.8. The second-order valence-electron chi connectivity index (χ2n) is 9.07. The molecule has 1 N–H and O–H groups in total. The molecule has 0 saturated carbocycles. The third-order valence-electron chi connectivity index (χ3n) is 6.17. The third-order valence-corrected chi connectivity index (χ3v) is 8.65. The predicted molar refractivity (Wildman–Crippen MR) is 152 cm³/mol. The van der Waals surface area contributed by atoms with E-state index >= 15 is 0 Å². The molecule has 0 fully saturated rings. The Morgan fingerprint density at radius 3 is 2.20 bits per heavy atom. The molecule has 0 radical (unpaired) electrons. The third kappa shape index (κ3) is 7.93. The average Bonchev–Trinajstić information content (AvgIpc) is 2.93. The van der Waals surface area contributed by atoms with Crippen molar-refractivity contribution < 1.29 is 31.2 Å². The van der Waals surface area contributed by atoms with E-state index in [9.17, 15) is 31.2 Å². The normalized spacial score (nSPS) is 12.5. The summed E-state index contributed by atoms with van der Waals surface area (Å²) in [6.07, 6.45) is -4.25. The van der Waals surface area contributed by atoms with Gasteiger partial charge in [0.15, 0.2) is 0 Å². The van der Waals surface area contributed by atoms with E-state index in [4.69, 9.17) is 23.2 Å². The molecule has 13 heteroatoms. The molecule has 3 aromatic carbocycles. The molecule has 220 valence electrons. The average molecular weight is 631 g/mol. The fourth-order valence-electron chi connectivity index (χ4n) is 3.92. The number of nitrogens with one attached hydrogen (secondary N) is 1. The van der Waals surface area contributed by atoms with Gasteiger partial charge in [0.25, 0.3) is 10.0 Å². The minimum atomic E-state index is -4.89. The van der Waals surface area contributed by atoms with Gasteiger partial charge in [-0.1, -0.05) is 66.5 Å². The molecule has 0 bridgehead atoms. The highest BCUT2D eigenvalue weighted by molar-refractivity contribution is 7.92. The Morgan fingerprint density at radius 2 is 1.59 bits per heavy atom. The van der Waals surface area contributed by atoms with Gasteiger partial charge in [-0.3, -0.25) is 13.9 Å². The van der Waals surface area contributed by atoms with Crippen molar-refractivity contribution in [3.63, 3.8) is 0 Å². The molecule has 2 amide bonds. The van der Waals surface area contributed by atoms with Gasteiger partial charge < -0.3 is 10.2 Å². The number of halogens is 5. The van der Waals surface area contributed by atoms with E-state index in [2.05, 4.69) is 5.32 Å². The van der Waals surface area contributed by atoms with E-state index in [1.54, 1.807) is 30.3 Å². The first-order valence-electron chi connectivity index (χ1n) is 12.5. The number of anilines is 1. The Labute approximate surface area is 246 Å². The van der Waals surface area contributed by atoms with Crippen LogP contribution in [-0.4, -0.2) is 44.3 Å². The maximum absolute atomic E-state index is 13.8. The Morgan fingerprint density at radius 1 is 0.951 bits per heavy atom. The fourth-order valence-corrected chi connectivity index (χ4v) is 5.77. The lowest BCUT2D eigenvalue weighted by atomic mass is 10.1. The fraction of sp³-hybridized carbons (Fsp3) is 0.286. The molecular weight excluding hydrogens is 602 g/mol. The summed E-state index contributed by atoms with van der Waals surface area (Å²) in [5.74, 6) is -1.33. The predicted octanol–water partition coefficient (Wildman–Crippen LogP) is 6.15. The smallest absolute Gasteiger partial charge is 0.354 e. The van der Waals surface area contributed by atoms with Crippen LogP contribution in [0.15, 0.2) is 77.7 Å². The largest absolute Gasteiger partial charge is 0.417 e. The summed E-state index contributed by atoms with van der Waals surface area (Å²) in [5, 5.41) is 2.38. The highest BCUT2D eigenvalue weighted by Gasteiger charge is 2.37. The molecule has 0 heterocycles. The molecule has 41 heavy (non-hydrogen) atoms. The second kappa shape index (κ2) is 13.6. The summed E-state index contributed by atoms with van der Waals surface area (Å²) in [4.78, 5) is 27.6. The van der Waals surface area contributed by atoms with Crippen molar-refractivity contribution in [1.29, 1.82) is 0 Å². The van der Waals surface area contributed by atoms with E-state index in [1.807, 2.05) is 6.92 Å². The van der Waals surface area contributed by atoms with Crippen molar-refractivity contribution in [2.45, 2.75) is 43.9 Å². The summed E-state index contributed by atoms with van der Waals surface area (Å²) in [6.45, 7) is 2.60. The minimum Gasteiger partial charge on any atom is -0.354 e. The van der Waals surface area contributed by atoms with E-state index in [0.717, 1.165) is 17.0 Å². The van der Waals surface area contributed by atoms with E-state index in [1.165, 1.54) is 31.2 Å². The topological polar surface area (TPSA) is 86.8 Å². The molecule has 0 aliphatic rings. The van der Waals surface area contributed by atoms with Gasteiger partial charge in [0.2, 0.25) is 11.8 Å². The lowest BCUT2D eigenvalue weighted by Gasteiger charge is -2.32. The molecule has 0 aromatic heterocycles. The van der Waals surface area contributed by atoms with Crippen molar-refractivity contribution in [1.82, 2.24) is 10.2 Å². The van der Waals surface area contributed by atoms with Gasteiger partial charge >= 0.3 is 6.18 Å². The van der Waals surface area contributed by atoms with Crippen LogP contribution in [0, 0.1) is 0 Å². The van der Waals surface area contributed by atoms with Crippen LogP contribution in [0.25, 0.3) is 0 Å². The molecule has 0 aliphatic carbocycles. The number of hydrogen-bond donors (Lipinski definition) is 1. The monoisotopic (exact) mass is 629 g/mol. The van der Waals surface area contributed by atoms with Crippen LogP contribution in [-0.2, 0) is 32.3 Å². The zero-order chi connectivity index (χ0) is 30.4. The first-order valence-corrected chi connectivity index (χ1v) is 14.7. The molecule has 0 spiro atoms. The number of hydrogen-bond acceptors (Lipinski definition) is 4. The molecule has 3 aromatic rings. The van der Waals surface area contributed by atoms with E-state index < -0.39 is 56.9 Å². The first-order chi connectivity index (χ1) is 19.3. The van der Waals surface area contributed by atoms with Gasteiger partial charge in [-0.05, 0) is 55.3 Å². The Balaban J connectivity index is 2.11. The summed E-state index contributed by atoms with van der Waals surface area (Å²) in [5.41, 5.74) is -1.21. The highest BCUT2D eigenvalue weighted by Crippen LogP contribution is 2.38. The summed E-state index contributed by atoms with van der Waals surface area (Å²) >= 11 is 12.1. The molecule has 7 nitrogen and oxygen atoms in total. The van der Waals surface area contributed by atoms with E-state index in [-0.39, 0.29) is 11.4 Å². The number of carbonyl (C=O) groups excluding carboxylic acids is 2. The summed E-state index contributed by atoms with van der Waals surface area (Å²) in [7, 11) is -4.55. The zero-order valence-corrected chi connectivity index (χ0v) is 24.5. The van der Waals surface area contributed by atoms with Gasteiger partial charge in [-0.2, -0.15) is 13.2 Å². The quantitative estimate of drug-likeness (QED) is 0.276. The van der Waals surface area contributed by atoms with Gasteiger partial charge in [0, 0.05) is 18.1 Å². The number of alkyl halides is 3. The molecule has 0 saturated heterocycles. The second-order valence-corrected chi connectivity index (χ2v) is 11.7. The Kier molecular flexibility index (Phi) is 10.7. The van der Waals surface area contributed by atoms with Gasteiger partial charge in [-0.25, -0.2) is 8.42 Å².